The summed E-state index contributed by atoms with van der Waals surface area (Å²) in [5.74, 6) is 0.285. The summed E-state index contributed by atoms with van der Waals surface area (Å²) in [6, 6.07) is 2.99. The van der Waals surface area contributed by atoms with E-state index in [-0.39, 0.29) is 12.2 Å². The van der Waals surface area contributed by atoms with Gasteiger partial charge in [-0.05, 0) is 25.5 Å². The van der Waals surface area contributed by atoms with Crippen molar-refractivity contribution in [3.8, 4) is 0 Å². The number of nitrogens with zero attached hydrogens (tertiary/aromatic N) is 1. The van der Waals surface area contributed by atoms with Gasteiger partial charge in [-0.1, -0.05) is 13.0 Å². The molecule has 1 rings (SSSR count). The van der Waals surface area contributed by atoms with Crippen LogP contribution in [0.2, 0.25) is 0 Å². The van der Waals surface area contributed by atoms with Crippen LogP contribution in [0.25, 0.3) is 0 Å². The molecule has 0 bridgehead atoms. The summed E-state index contributed by atoms with van der Waals surface area (Å²) in [6.45, 7) is 2.61. The van der Waals surface area contributed by atoms with E-state index in [2.05, 4.69) is 10.3 Å². The van der Waals surface area contributed by atoms with Crippen LogP contribution in [0.15, 0.2) is 18.3 Å². The number of alkyl halides is 3. The van der Waals surface area contributed by atoms with E-state index in [1.165, 1.54) is 6.20 Å². The molecule has 0 fully saturated rings. The van der Waals surface area contributed by atoms with Crippen molar-refractivity contribution in [2.24, 2.45) is 0 Å². The average molecular weight is 261 g/mol. The van der Waals surface area contributed by atoms with Crippen LogP contribution in [0.3, 0.4) is 0 Å². The maximum absolute atomic E-state index is 12.3. The SMILES string of the molecule is CCCNC(CCC(F)(F)F)c1cccnc1N. The Kier molecular flexibility index (Phi) is 5.40. The van der Waals surface area contributed by atoms with E-state index in [0.717, 1.165) is 6.42 Å². The Balaban J connectivity index is 2.75. The first-order valence-corrected chi connectivity index (χ1v) is 5.94. The molecule has 3 nitrogen and oxygen atoms in total. The van der Waals surface area contributed by atoms with Gasteiger partial charge in [-0.25, -0.2) is 4.98 Å². The molecule has 1 atom stereocenters. The number of pyridine rings is 1. The van der Waals surface area contributed by atoms with Gasteiger partial charge in [0, 0.05) is 24.2 Å². The van der Waals surface area contributed by atoms with Crippen LogP contribution in [0.1, 0.15) is 37.8 Å². The third-order valence-corrected chi connectivity index (χ3v) is 2.60. The summed E-state index contributed by atoms with van der Waals surface area (Å²) in [7, 11) is 0. The van der Waals surface area contributed by atoms with Gasteiger partial charge in [-0.3, -0.25) is 0 Å². The lowest BCUT2D eigenvalue weighted by molar-refractivity contribution is -0.136. The largest absolute Gasteiger partial charge is 0.389 e. The van der Waals surface area contributed by atoms with Crippen LogP contribution in [-0.4, -0.2) is 17.7 Å². The molecule has 0 aliphatic carbocycles. The molecule has 0 aromatic carbocycles. The van der Waals surface area contributed by atoms with Gasteiger partial charge in [0.1, 0.15) is 5.82 Å². The first kappa shape index (κ1) is 14.8. The van der Waals surface area contributed by atoms with E-state index in [1.807, 2.05) is 6.92 Å². The van der Waals surface area contributed by atoms with Gasteiger partial charge in [0.2, 0.25) is 0 Å². The summed E-state index contributed by atoms with van der Waals surface area (Å²) in [4.78, 5) is 3.91. The van der Waals surface area contributed by atoms with E-state index in [9.17, 15) is 13.2 Å². The zero-order chi connectivity index (χ0) is 13.6. The van der Waals surface area contributed by atoms with Crippen molar-refractivity contribution in [3.63, 3.8) is 0 Å². The smallest absolute Gasteiger partial charge is 0.383 e. The van der Waals surface area contributed by atoms with Crippen molar-refractivity contribution in [2.45, 2.75) is 38.4 Å². The fourth-order valence-corrected chi connectivity index (χ4v) is 1.72. The Morgan fingerprint density at radius 3 is 2.72 bits per heavy atom. The summed E-state index contributed by atoms with van der Waals surface area (Å²) >= 11 is 0. The third kappa shape index (κ3) is 4.91. The van der Waals surface area contributed by atoms with E-state index in [0.29, 0.717) is 12.1 Å². The van der Waals surface area contributed by atoms with Gasteiger partial charge in [-0.2, -0.15) is 13.2 Å². The van der Waals surface area contributed by atoms with Crippen molar-refractivity contribution in [3.05, 3.63) is 23.9 Å². The van der Waals surface area contributed by atoms with E-state index in [4.69, 9.17) is 5.73 Å². The average Bonchev–Trinajstić information content (AvgIpc) is 2.29. The molecular weight excluding hydrogens is 243 g/mol. The zero-order valence-corrected chi connectivity index (χ0v) is 10.3. The Hall–Kier alpha value is -1.30. The van der Waals surface area contributed by atoms with Crippen LogP contribution in [0.4, 0.5) is 19.0 Å². The minimum Gasteiger partial charge on any atom is -0.383 e. The summed E-state index contributed by atoms with van der Waals surface area (Å²) in [6.07, 6.45) is -2.63. The standard InChI is InChI=1S/C12H18F3N3/c1-2-7-17-10(5-6-12(13,14)15)9-4-3-8-18-11(9)16/h3-4,8,10,17H,2,5-7H2,1H3,(H2,16,18). The van der Waals surface area contributed by atoms with E-state index >= 15 is 0 Å². The Morgan fingerprint density at radius 1 is 1.44 bits per heavy atom. The molecule has 1 aromatic heterocycles. The van der Waals surface area contributed by atoms with Crippen molar-refractivity contribution < 1.29 is 13.2 Å². The summed E-state index contributed by atoms with van der Waals surface area (Å²) in [5, 5.41) is 3.08. The molecule has 0 amide bonds. The molecule has 1 aromatic rings. The van der Waals surface area contributed by atoms with Gasteiger partial charge < -0.3 is 11.1 Å². The molecule has 102 valence electrons. The Morgan fingerprint density at radius 2 is 2.17 bits per heavy atom. The lowest BCUT2D eigenvalue weighted by Crippen LogP contribution is -2.25. The molecule has 6 heteroatoms. The number of hydrogen-bond acceptors (Lipinski definition) is 3. The summed E-state index contributed by atoms with van der Waals surface area (Å²) < 4.78 is 36.8. The van der Waals surface area contributed by atoms with Crippen LogP contribution in [-0.2, 0) is 0 Å². The molecular formula is C12H18F3N3. The molecule has 0 aliphatic rings. The summed E-state index contributed by atoms with van der Waals surface area (Å²) in [5.41, 5.74) is 6.33. The molecule has 3 N–H and O–H groups in total. The molecule has 18 heavy (non-hydrogen) atoms. The lowest BCUT2D eigenvalue weighted by Gasteiger charge is -2.20. The Bertz CT molecular complexity index is 366. The maximum atomic E-state index is 12.3. The van der Waals surface area contributed by atoms with Gasteiger partial charge in [0.15, 0.2) is 0 Å². The normalized spacial score (nSPS) is 13.6. The molecule has 0 radical (unpaired) electrons. The second-order valence-electron chi connectivity index (χ2n) is 4.14. The van der Waals surface area contributed by atoms with Crippen molar-refractivity contribution in [1.29, 1.82) is 0 Å². The van der Waals surface area contributed by atoms with Gasteiger partial charge in [0.05, 0.1) is 0 Å². The fourth-order valence-electron chi connectivity index (χ4n) is 1.72. The zero-order valence-electron chi connectivity index (χ0n) is 10.3. The molecule has 0 saturated carbocycles. The van der Waals surface area contributed by atoms with Crippen LogP contribution in [0.5, 0.6) is 0 Å². The molecule has 0 aliphatic heterocycles. The van der Waals surface area contributed by atoms with Crippen molar-refractivity contribution in [2.75, 3.05) is 12.3 Å². The maximum Gasteiger partial charge on any atom is 0.389 e. The first-order valence-electron chi connectivity index (χ1n) is 5.94. The van der Waals surface area contributed by atoms with Crippen LogP contribution >= 0.6 is 0 Å². The quantitative estimate of drug-likeness (QED) is 0.827. The monoisotopic (exact) mass is 261 g/mol. The van der Waals surface area contributed by atoms with E-state index in [1.54, 1.807) is 12.1 Å². The molecule has 0 spiro atoms. The number of halogens is 3. The Labute approximate surface area is 105 Å². The third-order valence-electron chi connectivity index (χ3n) is 2.60. The first-order chi connectivity index (χ1) is 8.44. The van der Waals surface area contributed by atoms with Gasteiger partial charge in [0.25, 0.3) is 0 Å². The van der Waals surface area contributed by atoms with Gasteiger partial charge in [-0.15, -0.1) is 0 Å². The highest BCUT2D eigenvalue weighted by Crippen LogP contribution is 2.29. The van der Waals surface area contributed by atoms with Crippen LogP contribution in [0, 0.1) is 0 Å². The number of anilines is 1. The highest BCUT2D eigenvalue weighted by atomic mass is 19.4. The highest BCUT2D eigenvalue weighted by Gasteiger charge is 2.29. The minimum atomic E-state index is -4.15. The van der Waals surface area contributed by atoms with Crippen molar-refractivity contribution in [1.82, 2.24) is 10.3 Å². The highest BCUT2D eigenvalue weighted by molar-refractivity contribution is 5.40. The second-order valence-corrected chi connectivity index (χ2v) is 4.14. The number of hydrogen-bond donors (Lipinski definition) is 2. The van der Waals surface area contributed by atoms with Gasteiger partial charge >= 0.3 is 6.18 Å². The van der Waals surface area contributed by atoms with Crippen LogP contribution < -0.4 is 11.1 Å². The number of rotatable bonds is 6. The number of aromatic nitrogens is 1. The molecule has 1 unspecified atom stereocenters. The fraction of sp³-hybridized carbons (Fsp3) is 0.583. The second kappa shape index (κ2) is 6.58. The predicted molar refractivity (Wildman–Crippen MR) is 65.0 cm³/mol. The van der Waals surface area contributed by atoms with E-state index < -0.39 is 18.6 Å². The molecule has 0 saturated heterocycles. The van der Waals surface area contributed by atoms with Crippen molar-refractivity contribution >= 4 is 5.82 Å². The lowest BCUT2D eigenvalue weighted by atomic mass is 10.0. The molecule has 1 heterocycles. The number of nitrogens with two attached hydrogens (primary N) is 1. The predicted octanol–water partition coefficient (Wildman–Crippen LogP) is 3.05. The topological polar surface area (TPSA) is 50.9 Å². The minimum absolute atomic E-state index is 0.0284. The number of nitrogen functional groups attached to an aromatic ring is 1. The number of nitrogens with one attached hydrogen (secondary N) is 1.